The van der Waals surface area contributed by atoms with Crippen LogP contribution in [0.15, 0.2) is 94.6 Å². The molecule has 0 bridgehead atoms. The number of anilines is 2. The number of piperazine rings is 1. The predicted molar refractivity (Wildman–Crippen MR) is 225 cm³/mol. The number of nitrogens with two attached hydrogens (primary N) is 1. The van der Waals surface area contributed by atoms with Crippen LogP contribution in [-0.4, -0.2) is 80.1 Å². The van der Waals surface area contributed by atoms with Crippen molar-refractivity contribution < 1.29 is 22.9 Å². The van der Waals surface area contributed by atoms with Crippen LogP contribution in [0.1, 0.15) is 60.0 Å². The minimum atomic E-state index is -4.63. The van der Waals surface area contributed by atoms with Gasteiger partial charge in [-0.25, -0.2) is 18.1 Å². The molecule has 300 valence electrons. The summed E-state index contributed by atoms with van der Waals surface area (Å²) in [6.45, 7) is 4.01. The fourth-order valence-electron chi connectivity index (χ4n) is 8.33. The number of H-pyrrole nitrogens is 1. The van der Waals surface area contributed by atoms with Gasteiger partial charge in [0.05, 0.1) is 21.6 Å². The molecule has 8 rings (SSSR count). The number of hydrogen-bond donors (Lipinski definition) is 3. The lowest BCUT2D eigenvalue weighted by molar-refractivity contribution is -0.384. The Morgan fingerprint density at radius 3 is 2.57 bits per heavy atom. The maximum atomic E-state index is 13.8. The summed E-state index contributed by atoms with van der Waals surface area (Å²) in [5.41, 5.74) is 11.1. The lowest BCUT2D eigenvalue weighted by Gasteiger charge is -2.47. The Morgan fingerprint density at radius 2 is 1.86 bits per heavy atom. The molecule has 4 N–H and O–H groups in total. The van der Waals surface area contributed by atoms with E-state index in [1.807, 2.05) is 18.2 Å². The summed E-state index contributed by atoms with van der Waals surface area (Å²) in [5.74, 6) is -0.547. The minimum absolute atomic E-state index is 0.0187. The van der Waals surface area contributed by atoms with Crippen molar-refractivity contribution in [2.75, 3.05) is 50.4 Å². The monoisotopic (exact) mass is 822 g/mol. The van der Waals surface area contributed by atoms with E-state index >= 15 is 0 Å². The third-order valence-corrected chi connectivity index (χ3v) is 13.2. The maximum Gasteiger partial charge on any atom is 0.294 e. The number of carbonyl (C=O) groups excluding carboxylic acids is 1. The van der Waals surface area contributed by atoms with Gasteiger partial charge in [0.2, 0.25) is 0 Å². The number of nitrogen functional groups attached to an aromatic ring is 1. The van der Waals surface area contributed by atoms with Crippen molar-refractivity contribution in [2.24, 2.45) is 10.4 Å². The molecule has 5 aromatic rings. The van der Waals surface area contributed by atoms with E-state index in [9.17, 15) is 23.3 Å². The van der Waals surface area contributed by atoms with Crippen LogP contribution in [0.5, 0.6) is 11.5 Å². The summed E-state index contributed by atoms with van der Waals surface area (Å²) in [7, 11) is -3.21. The SMILES string of the molecule is CN=Cc1cc(S(=O)(=O)NC(=O)c2ccc(N3CCN(CC4=C(c5ccc(Cl)cc5)CC5(CCC5)CC4)CC3)cc2Oc2cnc3[nH]ccc3c2)cc([N+](=O)[O-])c1N. The number of rotatable bonds is 11. The normalized spacial score (nSPS) is 17.2. The number of aromatic nitrogens is 2. The number of nitro benzene ring substituents is 1. The first kappa shape index (κ1) is 39.1. The maximum absolute atomic E-state index is 13.8. The third kappa shape index (κ3) is 8.02. The first-order valence-corrected chi connectivity index (χ1v) is 21.0. The van der Waals surface area contributed by atoms with Gasteiger partial charge >= 0.3 is 0 Å². The molecular weight excluding hydrogens is 780 g/mol. The number of fused-ring (bicyclic) bond motifs is 1. The van der Waals surface area contributed by atoms with Gasteiger partial charge in [0, 0.05) is 86.0 Å². The highest BCUT2D eigenvalue weighted by atomic mass is 35.5. The largest absolute Gasteiger partial charge is 0.455 e. The Hall–Kier alpha value is -5.77. The Kier molecular flexibility index (Phi) is 10.7. The molecule has 14 nitrogen and oxygen atoms in total. The number of allylic oxidation sites excluding steroid dienone is 1. The zero-order valence-corrected chi connectivity index (χ0v) is 33.5. The smallest absolute Gasteiger partial charge is 0.294 e. The highest BCUT2D eigenvalue weighted by Gasteiger charge is 2.41. The van der Waals surface area contributed by atoms with Crippen LogP contribution in [0.25, 0.3) is 16.6 Å². The molecule has 3 aromatic carbocycles. The van der Waals surface area contributed by atoms with Gasteiger partial charge in [0.1, 0.15) is 22.8 Å². The molecule has 0 atom stereocenters. The van der Waals surface area contributed by atoms with Gasteiger partial charge in [-0.3, -0.25) is 24.8 Å². The summed E-state index contributed by atoms with van der Waals surface area (Å²) >= 11 is 6.26. The average molecular weight is 823 g/mol. The number of carbonyl (C=O) groups is 1. The number of nitrogens with zero attached hydrogens (tertiary/aromatic N) is 5. The van der Waals surface area contributed by atoms with Crippen LogP contribution in [0, 0.1) is 15.5 Å². The van der Waals surface area contributed by atoms with E-state index in [1.165, 1.54) is 67.9 Å². The Balaban J connectivity index is 1.04. The van der Waals surface area contributed by atoms with Crippen molar-refractivity contribution in [2.45, 2.75) is 43.4 Å². The lowest BCUT2D eigenvalue weighted by atomic mass is 9.59. The van der Waals surface area contributed by atoms with Crippen molar-refractivity contribution in [1.82, 2.24) is 19.6 Å². The van der Waals surface area contributed by atoms with Gasteiger partial charge in [0.25, 0.3) is 21.6 Å². The van der Waals surface area contributed by atoms with E-state index in [0.717, 1.165) is 73.8 Å². The van der Waals surface area contributed by atoms with Gasteiger partial charge in [-0.15, -0.1) is 0 Å². The number of sulfonamides is 1. The standard InChI is InChI=1S/C42H43ClN8O6S/c1-45-24-30-20-34(22-37(39(30)44)51(53)54)58(55,56)48-41(52)35-8-7-32(21-38(35)57-33-19-28-10-14-46-40(28)47-25-33)50-17-15-49(16-18-50)26-29-9-13-42(11-2-12-42)23-36(29)27-3-5-31(43)6-4-27/h3-8,10,14,19-22,24-25H,2,9,11-13,15-18,23,26,44H2,1H3,(H,46,47)(H,48,52). The van der Waals surface area contributed by atoms with Crippen molar-refractivity contribution in [1.29, 1.82) is 0 Å². The van der Waals surface area contributed by atoms with Crippen molar-refractivity contribution in [3.8, 4) is 11.5 Å². The Bertz CT molecular complexity index is 2580. The first-order valence-electron chi connectivity index (χ1n) is 19.2. The molecule has 2 aromatic heterocycles. The number of hydrogen-bond acceptors (Lipinski definition) is 11. The van der Waals surface area contributed by atoms with Gasteiger partial charge in [-0.1, -0.05) is 35.7 Å². The number of nitrogens with one attached hydrogen (secondary N) is 2. The van der Waals surface area contributed by atoms with Crippen LogP contribution >= 0.6 is 11.6 Å². The molecule has 1 saturated heterocycles. The minimum Gasteiger partial charge on any atom is -0.455 e. The summed E-state index contributed by atoms with van der Waals surface area (Å²) in [6, 6.07) is 18.8. The zero-order valence-electron chi connectivity index (χ0n) is 31.9. The topological polar surface area (TPSA) is 189 Å². The molecule has 16 heteroatoms. The molecule has 1 amide bonds. The van der Waals surface area contributed by atoms with Crippen molar-refractivity contribution in [3.63, 3.8) is 0 Å². The molecule has 3 heterocycles. The second-order valence-electron chi connectivity index (χ2n) is 15.3. The molecule has 0 radical (unpaired) electrons. The average Bonchev–Trinajstić information content (AvgIpc) is 3.67. The highest BCUT2D eigenvalue weighted by molar-refractivity contribution is 7.90. The number of pyridine rings is 1. The van der Waals surface area contributed by atoms with Crippen molar-refractivity contribution in [3.05, 3.63) is 117 Å². The molecule has 58 heavy (non-hydrogen) atoms. The van der Waals surface area contributed by atoms with Crippen LogP contribution < -0.4 is 20.1 Å². The summed E-state index contributed by atoms with van der Waals surface area (Å²) in [4.78, 5) is 40.2. The number of aliphatic imine (C=N–C) groups is 1. The highest BCUT2D eigenvalue weighted by Crippen LogP contribution is 2.55. The number of benzene rings is 3. The number of halogens is 1. The predicted octanol–water partition coefficient (Wildman–Crippen LogP) is 7.60. The lowest BCUT2D eigenvalue weighted by Crippen LogP contribution is -2.47. The van der Waals surface area contributed by atoms with Gasteiger partial charge in [0.15, 0.2) is 0 Å². The fraction of sp³-hybridized carbons (Fsp3) is 0.310. The van der Waals surface area contributed by atoms with E-state index in [0.29, 0.717) is 16.8 Å². The van der Waals surface area contributed by atoms with Gasteiger partial charge < -0.3 is 20.4 Å². The molecule has 2 aliphatic carbocycles. The van der Waals surface area contributed by atoms with Crippen LogP contribution in [0.3, 0.4) is 0 Å². The Morgan fingerprint density at radius 1 is 1.09 bits per heavy atom. The second-order valence-corrected chi connectivity index (χ2v) is 17.4. The van der Waals surface area contributed by atoms with Crippen LogP contribution in [0.4, 0.5) is 17.1 Å². The molecule has 1 saturated carbocycles. The van der Waals surface area contributed by atoms with Crippen LogP contribution in [-0.2, 0) is 10.0 Å². The number of nitro groups is 1. The summed E-state index contributed by atoms with van der Waals surface area (Å²) in [5, 5.41) is 13.2. The zero-order chi connectivity index (χ0) is 40.6. The molecule has 1 aliphatic heterocycles. The number of ether oxygens (including phenoxy) is 1. The van der Waals surface area contributed by atoms with E-state index in [1.54, 1.807) is 24.4 Å². The van der Waals surface area contributed by atoms with Crippen LogP contribution in [0.2, 0.25) is 5.02 Å². The second kappa shape index (κ2) is 15.9. The van der Waals surface area contributed by atoms with E-state index < -0.39 is 31.4 Å². The van der Waals surface area contributed by atoms with E-state index in [4.69, 9.17) is 22.1 Å². The van der Waals surface area contributed by atoms with Gasteiger partial charge in [-0.2, -0.15) is 0 Å². The Labute approximate surface area is 341 Å². The third-order valence-electron chi connectivity index (χ3n) is 11.7. The number of aromatic amines is 1. The fourth-order valence-corrected chi connectivity index (χ4v) is 9.47. The molecule has 1 spiro atoms. The van der Waals surface area contributed by atoms with Gasteiger partial charge in [-0.05, 0) is 91.1 Å². The first-order chi connectivity index (χ1) is 27.9. The summed E-state index contributed by atoms with van der Waals surface area (Å²) in [6.07, 6.45) is 11.9. The van der Waals surface area contributed by atoms with E-state index in [-0.39, 0.29) is 22.6 Å². The van der Waals surface area contributed by atoms with E-state index in [2.05, 4.69) is 41.6 Å². The molecule has 2 fully saturated rings. The quantitative estimate of drug-likeness (QED) is 0.0518. The van der Waals surface area contributed by atoms with Crippen molar-refractivity contribution >= 4 is 67.4 Å². The molecular formula is C42H43ClN8O6S. The summed E-state index contributed by atoms with van der Waals surface area (Å²) < 4.78 is 35.5. The molecule has 3 aliphatic rings. The number of amides is 1. The molecule has 0 unspecified atom stereocenters.